The van der Waals surface area contributed by atoms with E-state index in [0.717, 1.165) is 16.6 Å². The lowest BCUT2D eigenvalue weighted by Crippen LogP contribution is -1.83. The number of nitrogens with zero attached hydrogens (tertiary/aromatic N) is 1. The van der Waals surface area contributed by atoms with E-state index in [1.54, 1.807) is 18.2 Å². The van der Waals surface area contributed by atoms with Crippen molar-refractivity contribution in [2.24, 2.45) is 0 Å². The Kier molecular flexibility index (Phi) is 1.67. The largest absolute Gasteiger partial charge is 0.508 e. The smallest absolute Gasteiger partial charge is 0.205 e. The van der Waals surface area contributed by atoms with E-state index in [4.69, 9.17) is 10.3 Å². The van der Waals surface area contributed by atoms with E-state index >= 15 is 0 Å². The fourth-order valence-corrected chi connectivity index (χ4v) is 1.69. The Morgan fingerprint density at radius 3 is 2.94 bits per heavy atom. The molecule has 2 heterocycles. The highest BCUT2D eigenvalue weighted by Gasteiger charge is 2.10. The van der Waals surface area contributed by atoms with Gasteiger partial charge in [-0.1, -0.05) is 5.16 Å². The van der Waals surface area contributed by atoms with Crippen LogP contribution < -0.4 is 5.73 Å². The van der Waals surface area contributed by atoms with Crippen LogP contribution in [-0.4, -0.2) is 15.2 Å². The van der Waals surface area contributed by atoms with Crippen LogP contribution in [0.3, 0.4) is 0 Å². The normalized spacial score (nSPS) is 11.0. The number of fused-ring (bicyclic) bond motifs is 1. The molecule has 5 nitrogen and oxygen atoms in total. The number of anilines is 1. The quantitative estimate of drug-likeness (QED) is 0.580. The summed E-state index contributed by atoms with van der Waals surface area (Å²) in [7, 11) is 0. The molecule has 3 rings (SSSR count). The topological polar surface area (TPSA) is 88.1 Å². The summed E-state index contributed by atoms with van der Waals surface area (Å²) in [4.78, 5) is 3.14. The number of phenolic OH excluding ortho intramolecular Hbond substituents is 1. The van der Waals surface area contributed by atoms with Gasteiger partial charge in [-0.2, -0.15) is 0 Å². The summed E-state index contributed by atoms with van der Waals surface area (Å²) in [6.45, 7) is 0. The SMILES string of the molecule is Nc1cnoc1-c1cc2cc(O)ccc2[nH]1. The molecular weight excluding hydrogens is 206 g/mol. The molecule has 0 spiro atoms. The molecular formula is C11H9N3O2. The van der Waals surface area contributed by atoms with Crippen LogP contribution in [0.2, 0.25) is 0 Å². The average molecular weight is 215 g/mol. The van der Waals surface area contributed by atoms with Crippen molar-refractivity contribution in [1.82, 2.24) is 10.1 Å². The molecule has 1 aromatic carbocycles. The second-order valence-electron chi connectivity index (χ2n) is 3.56. The maximum Gasteiger partial charge on any atom is 0.205 e. The second-order valence-corrected chi connectivity index (χ2v) is 3.56. The number of benzene rings is 1. The number of nitrogens with two attached hydrogens (primary N) is 1. The standard InChI is InChI=1S/C11H9N3O2/c12-8-5-13-16-11(8)10-4-6-3-7(15)1-2-9(6)14-10/h1-5,14-15H,12H2. The minimum atomic E-state index is 0.226. The van der Waals surface area contributed by atoms with Crippen molar-refractivity contribution in [3.8, 4) is 17.2 Å². The van der Waals surface area contributed by atoms with Gasteiger partial charge in [-0.05, 0) is 24.3 Å². The van der Waals surface area contributed by atoms with Crippen molar-refractivity contribution in [2.45, 2.75) is 0 Å². The van der Waals surface area contributed by atoms with Gasteiger partial charge in [0, 0.05) is 10.9 Å². The predicted molar refractivity (Wildman–Crippen MR) is 59.9 cm³/mol. The van der Waals surface area contributed by atoms with E-state index in [1.165, 1.54) is 6.20 Å². The highest BCUT2D eigenvalue weighted by molar-refractivity contribution is 5.87. The number of phenols is 1. The number of aromatic amines is 1. The van der Waals surface area contributed by atoms with Gasteiger partial charge in [0.05, 0.1) is 11.9 Å². The zero-order chi connectivity index (χ0) is 11.1. The van der Waals surface area contributed by atoms with E-state index in [0.29, 0.717) is 11.4 Å². The fourth-order valence-electron chi connectivity index (χ4n) is 1.69. The predicted octanol–water partition coefficient (Wildman–Crippen LogP) is 2.11. The van der Waals surface area contributed by atoms with E-state index < -0.39 is 0 Å². The molecule has 0 unspecified atom stereocenters. The van der Waals surface area contributed by atoms with Crippen LogP contribution in [0.4, 0.5) is 5.69 Å². The average Bonchev–Trinajstić information content (AvgIpc) is 2.82. The summed E-state index contributed by atoms with van der Waals surface area (Å²) >= 11 is 0. The first-order valence-corrected chi connectivity index (χ1v) is 4.76. The van der Waals surface area contributed by atoms with Crippen molar-refractivity contribution >= 4 is 16.6 Å². The maximum atomic E-state index is 9.35. The van der Waals surface area contributed by atoms with Gasteiger partial charge in [-0.15, -0.1) is 0 Å². The van der Waals surface area contributed by atoms with Crippen molar-refractivity contribution in [2.75, 3.05) is 5.73 Å². The molecule has 80 valence electrons. The number of hydrogen-bond donors (Lipinski definition) is 3. The maximum absolute atomic E-state index is 9.35. The molecule has 0 aliphatic rings. The van der Waals surface area contributed by atoms with Gasteiger partial charge in [0.15, 0.2) is 0 Å². The summed E-state index contributed by atoms with van der Waals surface area (Å²) in [6, 6.07) is 6.93. The lowest BCUT2D eigenvalue weighted by Gasteiger charge is -1.90. The first-order valence-electron chi connectivity index (χ1n) is 4.76. The molecule has 0 radical (unpaired) electrons. The number of hydrogen-bond acceptors (Lipinski definition) is 4. The van der Waals surface area contributed by atoms with Crippen LogP contribution in [0.15, 0.2) is 35.0 Å². The van der Waals surface area contributed by atoms with Crippen LogP contribution in [0.1, 0.15) is 0 Å². The van der Waals surface area contributed by atoms with E-state index in [2.05, 4.69) is 10.1 Å². The molecule has 0 bridgehead atoms. The third kappa shape index (κ3) is 1.22. The molecule has 0 saturated carbocycles. The molecule has 16 heavy (non-hydrogen) atoms. The Bertz CT molecular complexity index is 654. The van der Waals surface area contributed by atoms with Gasteiger partial charge in [0.2, 0.25) is 5.76 Å². The lowest BCUT2D eigenvalue weighted by atomic mass is 10.2. The van der Waals surface area contributed by atoms with Gasteiger partial charge in [0.1, 0.15) is 11.4 Å². The summed E-state index contributed by atoms with van der Waals surface area (Å²) < 4.78 is 5.04. The fraction of sp³-hybridized carbons (Fsp3) is 0. The summed E-state index contributed by atoms with van der Waals surface area (Å²) in [5, 5.41) is 13.9. The molecule has 3 aromatic rings. The molecule has 0 aliphatic heterocycles. The number of nitrogens with one attached hydrogen (secondary N) is 1. The third-order valence-electron chi connectivity index (χ3n) is 2.45. The lowest BCUT2D eigenvalue weighted by molar-refractivity contribution is 0.431. The van der Waals surface area contributed by atoms with Gasteiger partial charge in [0.25, 0.3) is 0 Å². The van der Waals surface area contributed by atoms with Crippen molar-refractivity contribution in [3.05, 3.63) is 30.5 Å². The minimum absolute atomic E-state index is 0.226. The minimum Gasteiger partial charge on any atom is -0.508 e. The molecule has 0 fully saturated rings. The van der Waals surface area contributed by atoms with Crippen molar-refractivity contribution in [3.63, 3.8) is 0 Å². The summed E-state index contributed by atoms with van der Waals surface area (Å²) in [5.74, 6) is 0.735. The van der Waals surface area contributed by atoms with Crippen molar-refractivity contribution in [1.29, 1.82) is 0 Å². The van der Waals surface area contributed by atoms with E-state index in [1.807, 2.05) is 6.07 Å². The zero-order valence-corrected chi connectivity index (χ0v) is 8.27. The second kappa shape index (κ2) is 3.03. The molecule has 5 heteroatoms. The van der Waals surface area contributed by atoms with Crippen LogP contribution in [0.5, 0.6) is 5.75 Å². The number of nitrogen functional groups attached to an aromatic ring is 1. The molecule has 0 atom stereocenters. The van der Waals surface area contributed by atoms with Crippen molar-refractivity contribution < 1.29 is 9.63 Å². The van der Waals surface area contributed by atoms with Crippen LogP contribution in [0, 0.1) is 0 Å². The van der Waals surface area contributed by atoms with Gasteiger partial charge < -0.3 is 20.3 Å². The number of aromatic hydroxyl groups is 1. The Labute approximate surface area is 90.5 Å². The van der Waals surface area contributed by atoms with Crippen LogP contribution >= 0.6 is 0 Å². The molecule has 2 aromatic heterocycles. The number of aromatic nitrogens is 2. The molecule has 0 saturated heterocycles. The summed E-state index contributed by atoms with van der Waals surface area (Å²) in [6.07, 6.45) is 1.46. The van der Waals surface area contributed by atoms with E-state index in [9.17, 15) is 5.11 Å². The third-order valence-corrected chi connectivity index (χ3v) is 2.45. The Morgan fingerprint density at radius 2 is 2.19 bits per heavy atom. The Morgan fingerprint density at radius 1 is 1.31 bits per heavy atom. The van der Waals surface area contributed by atoms with Gasteiger partial charge >= 0.3 is 0 Å². The van der Waals surface area contributed by atoms with Gasteiger partial charge in [-0.3, -0.25) is 0 Å². The summed E-state index contributed by atoms with van der Waals surface area (Å²) in [5.41, 5.74) is 7.83. The monoisotopic (exact) mass is 215 g/mol. The molecule has 4 N–H and O–H groups in total. The zero-order valence-electron chi connectivity index (χ0n) is 8.27. The number of H-pyrrole nitrogens is 1. The molecule has 0 aliphatic carbocycles. The molecule has 0 amide bonds. The highest BCUT2D eigenvalue weighted by atomic mass is 16.5. The van der Waals surface area contributed by atoms with Gasteiger partial charge in [-0.25, -0.2) is 0 Å². The number of rotatable bonds is 1. The van der Waals surface area contributed by atoms with E-state index in [-0.39, 0.29) is 5.75 Å². The first kappa shape index (κ1) is 8.84. The first-order chi connectivity index (χ1) is 7.74. The van der Waals surface area contributed by atoms with Crippen LogP contribution in [-0.2, 0) is 0 Å². The Hall–Kier alpha value is -2.43. The van der Waals surface area contributed by atoms with Crippen LogP contribution in [0.25, 0.3) is 22.4 Å². The Balaban J connectivity index is 2.23. The highest BCUT2D eigenvalue weighted by Crippen LogP contribution is 2.29.